The highest BCUT2D eigenvalue weighted by molar-refractivity contribution is 6.05. The molecule has 33 heavy (non-hydrogen) atoms. The summed E-state index contributed by atoms with van der Waals surface area (Å²) in [7, 11) is 4.40. The number of anilines is 1. The van der Waals surface area contributed by atoms with Crippen molar-refractivity contribution in [2.75, 3.05) is 26.6 Å². The fourth-order valence-corrected chi connectivity index (χ4v) is 3.58. The van der Waals surface area contributed by atoms with Gasteiger partial charge < -0.3 is 23.9 Å². The predicted molar refractivity (Wildman–Crippen MR) is 127 cm³/mol. The second-order valence-electron chi connectivity index (χ2n) is 7.39. The third-order valence-electron chi connectivity index (χ3n) is 5.24. The molecule has 0 bridgehead atoms. The maximum absolute atomic E-state index is 13.0. The summed E-state index contributed by atoms with van der Waals surface area (Å²) in [6.45, 7) is 1.98. The zero-order chi connectivity index (χ0) is 23.5. The van der Waals surface area contributed by atoms with E-state index in [9.17, 15) is 9.59 Å². The second kappa shape index (κ2) is 9.08. The maximum Gasteiger partial charge on any atom is 0.255 e. The monoisotopic (exact) mass is 445 g/mol. The minimum Gasteiger partial charge on any atom is -0.493 e. The number of nitrogens with one attached hydrogen (secondary N) is 1. The lowest BCUT2D eigenvalue weighted by Crippen LogP contribution is -2.12. The molecular weight excluding hydrogens is 422 g/mol. The van der Waals surface area contributed by atoms with Crippen molar-refractivity contribution < 1.29 is 23.4 Å². The molecule has 0 spiro atoms. The standard InChI is InChI=1S/C26H23NO6/c1-15-8-10-18(11-9-15)27-26(29)17-7-5-6-16(12-17)20-13-19(28)23-21(33-20)14-22(30-2)24(31-3)25(23)32-4/h5-14H,1-4H3,(H,27,29). The van der Waals surface area contributed by atoms with Crippen molar-refractivity contribution in [3.8, 4) is 28.6 Å². The van der Waals surface area contributed by atoms with Crippen molar-refractivity contribution in [2.45, 2.75) is 6.92 Å². The van der Waals surface area contributed by atoms with Crippen LogP contribution in [0.4, 0.5) is 5.69 Å². The Balaban J connectivity index is 1.75. The van der Waals surface area contributed by atoms with Crippen molar-refractivity contribution >= 4 is 22.6 Å². The molecule has 3 aromatic carbocycles. The van der Waals surface area contributed by atoms with Crippen LogP contribution in [0.25, 0.3) is 22.3 Å². The Labute approximate surface area is 190 Å². The topological polar surface area (TPSA) is 87.0 Å². The fourth-order valence-electron chi connectivity index (χ4n) is 3.58. The van der Waals surface area contributed by atoms with Gasteiger partial charge in [-0.15, -0.1) is 0 Å². The van der Waals surface area contributed by atoms with Gasteiger partial charge in [0.2, 0.25) is 5.75 Å². The highest BCUT2D eigenvalue weighted by Gasteiger charge is 2.21. The van der Waals surface area contributed by atoms with Crippen LogP contribution in [0.1, 0.15) is 15.9 Å². The molecule has 7 nitrogen and oxygen atoms in total. The molecule has 0 aliphatic heterocycles. The molecule has 1 aromatic heterocycles. The van der Waals surface area contributed by atoms with Crippen LogP contribution in [0, 0.1) is 6.92 Å². The van der Waals surface area contributed by atoms with E-state index in [4.69, 9.17) is 18.6 Å². The first-order chi connectivity index (χ1) is 15.9. The van der Waals surface area contributed by atoms with Crippen LogP contribution >= 0.6 is 0 Å². The Bertz CT molecular complexity index is 1390. The number of amides is 1. The van der Waals surface area contributed by atoms with Gasteiger partial charge in [-0.2, -0.15) is 0 Å². The lowest BCUT2D eigenvalue weighted by molar-refractivity contribution is 0.102. The molecule has 0 saturated carbocycles. The summed E-state index contributed by atoms with van der Waals surface area (Å²) in [5.41, 5.74) is 2.79. The highest BCUT2D eigenvalue weighted by Crippen LogP contribution is 2.42. The number of ether oxygens (including phenoxy) is 3. The van der Waals surface area contributed by atoms with Gasteiger partial charge in [0.1, 0.15) is 16.7 Å². The molecule has 0 atom stereocenters. The van der Waals surface area contributed by atoms with E-state index in [0.29, 0.717) is 34.1 Å². The van der Waals surface area contributed by atoms with Crippen LogP contribution < -0.4 is 25.0 Å². The number of rotatable bonds is 6. The lowest BCUT2D eigenvalue weighted by Gasteiger charge is -2.14. The number of benzene rings is 3. The summed E-state index contributed by atoms with van der Waals surface area (Å²) in [6, 6.07) is 17.4. The van der Waals surface area contributed by atoms with Crippen molar-refractivity contribution in [1.82, 2.24) is 0 Å². The average Bonchev–Trinajstić information content (AvgIpc) is 2.84. The van der Waals surface area contributed by atoms with Crippen molar-refractivity contribution in [3.63, 3.8) is 0 Å². The molecule has 0 aliphatic carbocycles. The van der Waals surface area contributed by atoms with Crippen molar-refractivity contribution in [2.24, 2.45) is 0 Å². The zero-order valence-corrected chi connectivity index (χ0v) is 18.7. The Morgan fingerprint density at radius 3 is 2.27 bits per heavy atom. The van der Waals surface area contributed by atoms with E-state index in [1.807, 2.05) is 31.2 Å². The van der Waals surface area contributed by atoms with Crippen LogP contribution in [-0.4, -0.2) is 27.2 Å². The second-order valence-corrected chi connectivity index (χ2v) is 7.39. The van der Waals surface area contributed by atoms with Gasteiger partial charge >= 0.3 is 0 Å². The Hall–Kier alpha value is -4.26. The first-order valence-electron chi connectivity index (χ1n) is 10.2. The van der Waals surface area contributed by atoms with Gasteiger partial charge in [0.05, 0.1) is 21.3 Å². The molecule has 168 valence electrons. The molecule has 0 fully saturated rings. The molecule has 1 amide bonds. The maximum atomic E-state index is 13.0. The summed E-state index contributed by atoms with van der Waals surface area (Å²) < 4.78 is 22.2. The average molecular weight is 445 g/mol. The fraction of sp³-hybridized carbons (Fsp3) is 0.154. The van der Waals surface area contributed by atoms with Crippen LogP contribution in [0.5, 0.6) is 17.2 Å². The quantitative estimate of drug-likeness (QED) is 0.447. The third kappa shape index (κ3) is 4.25. The molecule has 0 unspecified atom stereocenters. The molecule has 1 heterocycles. The molecule has 1 N–H and O–H groups in total. The van der Waals surface area contributed by atoms with Crippen molar-refractivity contribution in [3.05, 3.63) is 82.0 Å². The summed E-state index contributed by atoms with van der Waals surface area (Å²) in [6.07, 6.45) is 0. The van der Waals surface area contributed by atoms with Gasteiger partial charge in [-0.1, -0.05) is 29.8 Å². The van der Waals surface area contributed by atoms with Gasteiger partial charge in [0.25, 0.3) is 5.91 Å². The Kier molecular flexibility index (Phi) is 6.04. The van der Waals surface area contributed by atoms with E-state index in [1.165, 1.54) is 27.4 Å². The normalized spacial score (nSPS) is 10.7. The number of aryl methyl sites for hydroxylation is 1. The number of carbonyl (C=O) groups is 1. The van der Waals surface area contributed by atoms with E-state index < -0.39 is 0 Å². The van der Waals surface area contributed by atoms with E-state index in [2.05, 4.69) is 5.32 Å². The summed E-state index contributed by atoms with van der Waals surface area (Å²) in [5, 5.41) is 3.11. The first kappa shape index (κ1) is 22.0. The molecule has 0 saturated heterocycles. The zero-order valence-electron chi connectivity index (χ0n) is 18.7. The Morgan fingerprint density at radius 1 is 0.879 bits per heavy atom. The summed E-state index contributed by atoms with van der Waals surface area (Å²) >= 11 is 0. The van der Waals surface area contributed by atoms with E-state index >= 15 is 0 Å². The van der Waals surface area contributed by atoms with Crippen LogP contribution in [-0.2, 0) is 0 Å². The van der Waals surface area contributed by atoms with Crippen molar-refractivity contribution in [1.29, 1.82) is 0 Å². The number of fused-ring (bicyclic) bond motifs is 1. The van der Waals surface area contributed by atoms with E-state index in [-0.39, 0.29) is 28.1 Å². The SMILES string of the molecule is COc1cc2oc(-c3cccc(C(=O)Nc4ccc(C)cc4)c3)cc(=O)c2c(OC)c1OC. The minimum absolute atomic E-state index is 0.235. The van der Waals surface area contributed by atoms with Gasteiger partial charge in [-0.05, 0) is 31.2 Å². The third-order valence-corrected chi connectivity index (χ3v) is 5.24. The minimum atomic E-state index is -0.307. The molecule has 7 heteroatoms. The van der Waals surface area contributed by atoms with Gasteiger partial charge in [0, 0.05) is 28.9 Å². The van der Waals surface area contributed by atoms with Crippen LogP contribution in [0.3, 0.4) is 0 Å². The smallest absolute Gasteiger partial charge is 0.255 e. The first-order valence-corrected chi connectivity index (χ1v) is 10.2. The highest BCUT2D eigenvalue weighted by atomic mass is 16.5. The van der Waals surface area contributed by atoms with Crippen LogP contribution in [0.2, 0.25) is 0 Å². The molecular formula is C26H23NO6. The lowest BCUT2D eigenvalue weighted by atomic mass is 10.1. The van der Waals surface area contributed by atoms with Crippen LogP contribution in [0.15, 0.2) is 69.9 Å². The van der Waals surface area contributed by atoms with Gasteiger partial charge in [-0.25, -0.2) is 0 Å². The Morgan fingerprint density at radius 2 is 1.61 bits per heavy atom. The van der Waals surface area contributed by atoms with E-state index in [0.717, 1.165) is 5.56 Å². The predicted octanol–water partition coefficient (Wildman–Crippen LogP) is 5.05. The molecule has 0 aliphatic rings. The summed E-state index contributed by atoms with van der Waals surface area (Å²) in [5.74, 6) is 0.956. The largest absolute Gasteiger partial charge is 0.493 e. The number of carbonyl (C=O) groups excluding carboxylic acids is 1. The molecule has 4 aromatic rings. The number of hydrogen-bond donors (Lipinski definition) is 1. The van der Waals surface area contributed by atoms with E-state index in [1.54, 1.807) is 30.3 Å². The molecule has 4 rings (SSSR count). The number of methoxy groups -OCH3 is 3. The summed E-state index contributed by atoms with van der Waals surface area (Å²) in [4.78, 5) is 25.7. The van der Waals surface area contributed by atoms with Gasteiger partial charge in [0.15, 0.2) is 16.9 Å². The number of hydrogen-bond acceptors (Lipinski definition) is 6. The van der Waals surface area contributed by atoms with Gasteiger partial charge in [-0.3, -0.25) is 9.59 Å². The molecule has 0 radical (unpaired) electrons.